The van der Waals surface area contributed by atoms with Crippen LogP contribution in [0.1, 0.15) is 36.2 Å². The highest BCUT2D eigenvalue weighted by Gasteiger charge is 2.43. The van der Waals surface area contributed by atoms with Gasteiger partial charge in [0.2, 0.25) is 5.91 Å². The van der Waals surface area contributed by atoms with Crippen LogP contribution in [0.3, 0.4) is 0 Å². The number of aromatic nitrogens is 2. The number of amides is 1. The van der Waals surface area contributed by atoms with E-state index in [-0.39, 0.29) is 17.5 Å². The fraction of sp³-hybridized carbons (Fsp3) is 0.615. The van der Waals surface area contributed by atoms with E-state index >= 15 is 0 Å². The van der Waals surface area contributed by atoms with E-state index in [1.165, 1.54) is 17.2 Å². The highest BCUT2D eigenvalue weighted by Crippen LogP contribution is 2.51. The molecule has 0 aliphatic heterocycles. The molecule has 1 heterocycles. The molecule has 6 heteroatoms. The number of carboxylic acid groups (broad SMARTS) is 1. The van der Waals surface area contributed by atoms with Crippen LogP contribution in [0.15, 0.2) is 6.07 Å². The van der Waals surface area contributed by atoms with Crippen LogP contribution in [0.2, 0.25) is 0 Å². The van der Waals surface area contributed by atoms with Gasteiger partial charge in [-0.05, 0) is 37.5 Å². The van der Waals surface area contributed by atoms with Crippen molar-refractivity contribution in [3.8, 4) is 0 Å². The number of carbonyl (C=O) groups excluding carboxylic acids is 1. The largest absolute Gasteiger partial charge is 0.476 e. The fourth-order valence-electron chi connectivity index (χ4n) is 3.01. The normalized spacial score (nSPS) is 28.6. The van der Waals surface area contributed by atoms with E-state index < -0.39 is 5.97 Å². The summed E-state index contributed by atoms with van der Waals surface area (Å²) < 4.78 is 1.39. The Bertz CT molecular complexity index is 537. The van der Waals surface area contributed by atoms with Crippen LogP contribution in [0.5, 0.6) is 0 Å². The van der Waals surface area contributed by atoms with Crippen LogP contribution in [0, 0.1) is 17.8 Å². The molecule has 0 radical (unpaired) electrons. The second kappa shape index (κ2) is 4.36. The summed E-state index contributed by atoms with van der Waals surface area (Å²) in [5, 5.41) is 15.5. The molecule has 2 aliphatic carbocycles. The van der Waals surface area contributed by atoms with Crippen LogP contribution in [0.4, 0.5) is 5.82 Å². The molecule has 2 saturated carbocycles. The molecule has 2 N–H and O–H groups in total. The Morgan fingerprint density at radius 3 is 2.79 bits per heavy atom. The molecular weight excluding hydrogens is 246 g/mol. The van der Waals surface area contributed by atoms with E-state index in [9.17, 15) is 9.59 Å². The van der Waals surface area contributed by atoms with Crippen molar-refractivity contribution in [2.24, 2.45) is 24.8 Å². The molecule has 6 nitrogen and oxygen atoms in total. The number of nitrogens with one attached hydrogen (secondary N) is 1. The second-order valence-corrected chi connectivity index (χ2v) is 5.60. The molecule has 1 aromatic rings. The molecule has 3 unspecified atom stereocenters. The zero-order valence-corrected chi connectivity index (χ0v) is 10.8. The molecule has 19 heavy (non-hydrogen) atoms. The zero-order chi connectivity index (χ0) is 13.6. The van der Waals surface area contributed by atoms with E-state index in [0.29, 0.717) is 5.82 Å². The standard InChI is InChI=1S/C13H17N3O3/c1-16-11(6-10(15-16)13(18)19)14-12(17)8-3-2-7-4-9(7)5-8/h6-9H,2-5H2,1H3,(H,14,17)(H,18,19). The van der Waals surface area contributed by atoms with Gasteiger partial charge in [0.15, 0.2) is 5.69 Å². The molecular formula is C13H17N3O3. The van der Waals surface area contributed by atoms with E-state index in [0.717, 1.165) is 31.1 Å². The maximum absolute atomic E-state index is 12.2. The second-order valence-electron chi connectivity index (χ2n) is 5.60. The van der Waals surface area contributed by atoms with Crippen molar-refractivity contribution in [2.45, 2.75) is 25.7 Å². The van der Waals surface area contributed by atoms with Crippen molar-refractivity contribution in [3.63, 3.8) is 0 Å². The number of hydrogen-bond donors (Lipinski definition) is 2. The molecule has 1 amide bonds. The van der Waals surface area contributed by atoms with Crippen molar-refractivity contribution in [2.75, 3.05) is 5.32 Å². The number of hydrogen-bond acceptors (Lipinski definition) is 3. The third-order valence-electron chi connectivity index (χ3n) is 4.26. The Hall–Kier alpha value is -1.85. The first-order valence-electron chi connectivity index (χ1n) is 6.63. The maximum atomic E-state index is 12.2. The van der Waals surface area contributed by atoms with Gasteiger partial charge in [-0.15, -0.1) is 0 Å². The minimum absolute atomic E-state index is 0.00899. The topological polar surface area (TPSA) is 84.2 Å². The van der Waals surface area contributed by atoms with Crippen LogP contribution < -0.4 is 5.32 Å². The quantitative estimate of drug-likeness (QED) is 0.865. The number of carboxylic acids is 1. The van der Waals surface area contributed by atoms with E-state index in [1.807, 2.05) is 0 Å². The molecule has 1 aromatic heterocycles. The van der Waals surface area contributed by atoms with Crippen LogP contribution in [-0.4, -0.2) is 26.8 Å². The average molecular weight is 263 g/mol. The summed E-state index contributed by atoms with van der Waals surface area (Å²) in [5.41, 5.74) is -0.0521. The van der Waals surface area contributed by atoms with Gasteiger partial charge in [0, 0.05) is 19.0 Å². The minimum atomic E-state index is -1.09. The third-order valence-corrected chi connectivity index (χ3v) is 4.26. The lowest BCUT2D eigenvalue weighted by Gasteiger charge is -2.20. The first-order chi connectivity index (χ1) is 9.04. The molecule has 0 aromatic carbocycles. The molecule has 2 aliphatic rings. The van der Waals surface area contributed by atoms with Crippen LogP contribution >= 0.6 is 0 Å². The summed E-state index contributed by atoms with van der Waals surface area (Å²) >= 11 is 0. The lowest BCUT2D eigenvalue weighted by Crippen LogP contribution is -2.26. The number of aromatic carboxylic acids is 1. The first kappa shape index (κ1) is 12.2. The Balaban J connectivity index is 1.66. The summed E-state index contributed by atoms with van der Waals surface area (Å²) in [6.45, 7) is 0. The van der Waals surface area contributed by atoms with Gasteiger partial charge in [-0.1, -0.05) is 0 Å². The van der Waals surface area contributed by atoms with Crippen molar-refractivity contribution in [3.05, 3.63) is 11.8 Å². The number of rotatable bonds is 3. The Kier molecular flexibility index (Phi) is 2.80. The zero-order valence-electron chi connectivity index (χ0n) is 10.8. The Morgan fingerprint density at radius 1 is 1.37 bits per heavy atom. The van der Waals surface area contributed by atoms with Gasteiger partial charge < -0.3 is 10.4 Å². The number of carbonyl (C=O) groups is 2. The van der Waals surface area contributed by atoms with Gasteiger partial charge in [-0.2, -0.15) is 5.10 Å². The van der Waals surface area contributed by atoms with E-state index in [4.69, 9.17) is 5.11 Å². The maximum Gasteiger partial charge on any atom is 0.356 e. The minimum Gasteiger partial charge on any atom is -0.476 e. The predicted molar refractivity (Wildman–Crippen MR) is 67.7 cm³/mol. The molecule has 0 spiro atoms. The van der Waals surface area contributed by atoms with Gasteiger partial charge in [0.1, 0.15) is 5.82 Å². The number of anilines is 1. The van der Waals surface area contributed by atoms with Crippen LogP contribution in [-0.2, 0) is 11.8 Å². The lowest BCUT2D eigenvalue weighted by molar-refractivity contribution is -0.120. The van der Waals surface area contributed by atoms with Crippen molar-refractivity contribution < 1.29 is 14.7 Å². The van der Waals surface area contributed by atoms with Crippen molar-refractivity contribution in [1.29, 1.82) is 0 Å². The summed E-state index contributed by atoms with van der Waals surface area (Å²) in [6, 6.07) is 1.39. The van der Waals surface area contributed by atoms with E-state index in [1.54, 1.807) is 7.05 Å². The van der Waals surface area contributed by atoms with Gasteiger partial charge in [0.25, 0.3) is 0 Å². The highest BCUT2D eigenvalue weighted by atomic mass is 16.4. The summed E-state index contributed by atoms with van der Waals surface area (Å²) in [7, 11) is 1.62. The summed E-state index contributed by atoms with van der Waals surface area (Å²) in [4.78, 5) is 23.0. The fourth-order valence-corrected chi connectivity index (χ4v) is 3.01. The predicted octanol–water partition coefficient (Wildman–Crippen LogP) is 1.49. The smallest absolute Gasteiger partial charge is 0.356 e. The van der Waals surface area contributed by atoms with Gasteiger partial charge in [-0.25, -0.2) is 4.79 Å². The van der Waals surface area contributed by atoms with Gasteiger partial charge >= 0.3 is 5.97 Å². The van der Waals surface area contributed by atoms with Crippen molar-refractivity contribution in [1.82, 2.24) is 9.78 Å². The Morgan fingerprint density at radius 2 is 2.16 bits per heavy atom. The SMILES string of the molecule is Cn1nc(C(=O)O)cc1NC(=O)C1CCC2CC2C1. The number of aryl methyl sites for hydroxylation is 1. The highest BCUT2D eigenvalue weighted by molar-refractivity contribution is 5.93. The molecule has 3 atom stereocenters. The van der Waals surface area contributed by atoms with Crippen LogP contribution in [0.25, 0.3) is 0 Å². The average Bonchev–Trinajstić information content (AvgIpc) is 3.06. The summed E-state index contributed by atoms with van der Waals surface area (Å²) in [6.07, 6.45) is 4.34. The molecule has 3 rings (SSSR count). The lowest BCUT2D eigenvalue weighted by atomic mass is 9.89. The van der Waals surface area contributed by atoms with E-state index in [2.05, 4.69) is 10.4 Å². The molecule has 0 saturated heterocycles. The van der Waals surface area contributed by atoms with Gasteiger partial charge in [-0.3, -0.25) is 9.48 Å². The molecule has 102 valence electrons. The number of fused-ring (bicyclic) bond motifs is 1. The molecule has 0 bridgehead atoms. The first-order valence-corrected chi connectivity index (χ1v) is 6.63. The van der Waals surface area contributed by atoms with Gasteiger partial charge in [0.05, 0.1) is 0 Å². The molecule has 2 fully saturated rings. The third kappa shape index (κ3) is 2.34. The Labute approximate surface area is 110 Å². The summed E-state index contributed by atoms with van der Waals surface area (Å²) in [5.74, 6) is 1.01. The number of nitrogens with zero attached hydrogens (tertiary/aromatic N) is 2. The van der Waals surface area contributed by atoms with Crippen molar-refractivity contribution >= 4 is 17.7 Å². The monoisotopic (exact) mass is 263 g/mol.